The lowest BCUT2D eigenvalue weighted by Gasteiger charge is -2.33. The summed E-state index contributed by atoms with van der Waals surface area (Å²) in [4.78, 5) is 13.2. The molecule has 0 aromatic heterocycles. The van der Waals surface area contributed by atoms with E-state index in [4.69, 9.17) is 12.2 Å². The molecule has 0 radical (unpaired) electrons. The van der Waals surface area contributed by atoms with Gasteiger partial charge in [0.25, 0.3) is 0 Å². The number of fused-ring (bicyclic) bond motifs is 1. The van der Waals surface area contributed by atoms with Gasteiger partial charge in [-0.05, 0) is 25.1 Å². The highest BCUT2D eigenvalue weighted by molar-refractivity contribution is 7.80. The summed E-state index contributed by atoms with van der Waals surface area (Å²) >= 11 is 5.02. The van der Waals surface area contributed by atoms with Gasteiger partial charge in [-0.2, -0.15) is 0 Å². The van der Waals surface area contributed by atoms with Crippen molar-refractivity contribution in [1.82, 2.24) is 10.2 Å². The van der Waals surface area contributed by atoms with Crippen LogP contribution in [0.4, 0.5) is 0 Å². The highest BCUT2D eigenvalue weighted by atomic mass is 32.1. The van der Waals surface area contributed by atoms with E-state index in [-0.39, 0.29) is 11.8 Å². The van der Waals surface area contributed by atoms with Gasteiger partial charge >= 0.3 is 0 Å². The molecule has 3 nitrogen and oxygen atoms in total. The summed E-state index contributed by atoms with van der Waals surface area (Å²) in [6.07, 6.45) is 3.25. The molecule has 1 amide bonds. The molecule has 1 saturated heterocycles. The van der Waals surface area contributed by atoms with E-state index in [0.717, 1.165) is 19.3 Å². The summed E-state index contributed by atoms with van der Waals surface area (Å²) in [6, 6.07) is 0.321. The Bertz CT molecular complexity index is 242. The number of hydrogen-bond donors (Lipinski definition) is 1. The van der Waals surface area contributed by atoms with Gasteiger partial charge in [0.2, 0.25) is 5.91 Å². The molecule has 1 heterocycles. The zero-order chi connectivity index (χ0) is 10.7. The lowest BCUT2D eigenvalue weighted by atomic mass is 10.0. The molecule has 2 unspecified atom stereocenters. The summed E-state index contributed by atoms with van der Waals surface area (Å²) in [5.74, 6) is 0.378. The van der Waals surface area contributed by atoms with E-state index in [1.807, 2.05) is 13.8 Å². The second kappa shape index (κ2) is 4.73. The van der Waals surface area contributed by atoms with Crippen LogP contribution in [-0.4, -0.2) is 29.0 Å². The maximum atomic E-state index is 11.6. The molecular weight excluding hydrogens is 196 g/mol. The first-order valence-electron chi connectivity index (χ1n) is 5.28. The first-order valence-corrected chi connectivity index (χ1v) is 5.69. The van der Waals surface area contributed by atoms with Crippen LogP contribution in [0.15, 0.2) is 0 Å². The van der Waals surface area contributed by atoms with E-state index < -0.39 is 0 Å². The van der Waals surface area contributed by atoms with Crippen LogP contribution in [0, 0.1) is 5.92 Å². The Balaban J connectivity index is 0.000000461. The van der Waals surface area contributed by atoms with Crippen molar-refractivity contribution in [2.24, 2.45) is 5.92 Å². The molecular formula is C10H18N2OS. The number of carbonyl (C=O) groups excluding carboxylic acids is 1. The molecule has 0 aromatic carbocycles. The van der Waals surface area contributed by atoms with Crippen molar-refractivity contribution in [3.05, 3.63) is 0 Å². The van der Waals surface area contributed by atoms with Gasteiger partial charge in [0, 0.05) is 13.1 Å². The molecule has 80 valence electrons. The molecule has 0 bridgehead atoms. The minimum Gasteiger partial charge on any atom is -0.359 e. The predicted molar refractivity (Wildman–Crippen MR) is 61.0 cm³/mol. The van der Waals surface area contributed by atoms with Gasteiger partial charge in [-0.3, -0.25) is 9.69 Å². The standard InChI is InChI=1S/C8H12N2OS.C2H6/c1-10-7(11)5-3-2-4-6(5)9-8(10)12;1-2/h5-6H,2-4H2,1H3,(H,9,12);1-2H3. The average Bonchev–Trinajstić information content (AvgIpc) is 2.65. The van der Waals surface area contributed by atoms with Crippen molar-refractivity contribution in [2.45, 2.75) is 39.2 Å². The number of thiocarbonyl (C=S) groups is 1. The SMILES string of the molecule is CC.CN1C(=O)C2CCCC2NC1=S. The fraction of sp³-hybridized carbons (Fsp3) is 0.800. The summed E-state index contributed by atoms with van der Waals surface area (Å²) in [5, 5.41) is 3.78. The molecule has 4 heteroatoms. The highest BCUT2D eigenvalue weighted by Crippen LogP contribution is 2.29. The summed E-state index contributed by atoms with van der Waals surface area (Å²) < 4.78 is 0. The van der Waals surface area contributed by atoms with Gasteiger partial charge in [-0.1, -0.05) is 20.3 Å². The molecule has 1 aliphatic heterocycles. The van der Waals surface area contributed by atoms with Gasteiger partial charge in [0.15, 0.2) is 5.11 Å². The first kappa shape index (κ1) is 11.4. The summed E-state index contributed by atoms with van der Waals surface area (Å²) in [5.41, 5.74) is 0. The Morgan fingerprint density at radius 2 is 2.07 bits per heavy atom. The molecule has 14 heavy (non-hydrogen) atoms. The van der Waals surface area contributed by atoms with E-state index in [1.165, 1.54) is 0 Å². The topological polar surface area (TPSA) is 32.3 Å². The third kappa shape index (κ3) is 1.90. The Labute approximate surface area is 90.8 Å². The Morgan fingerprint density at radius 3 is 2.71 bits per heavy atom. The normalized spacial score (nSPS) is 30.4. The molecule has 0 aromatic rings. The van der Waals surface area contributed by atoms with Crippen molar-refractivity contribution >= 4 is 23.2 Å². The fourth-order valence-electron chi connectivity index (χ4n) is 2.03. The van der Waals surface area contributed by atoms with Crippen molar-refractivity contribution < 1.29 is 4.79 Å². The number of nitrogens with zero attached hydrogens (tertiary/aromatic N) is 1. The molecule has 0 spiro atoms. The van der Waals surface area contributed by atoms with Crippen molar-refractivity contribution in [3.8, 4) is 0 Å². The zero-order valence-electron chi connectivity index (χ0n) is 9.04. The third-order valence-corrected chi connectivity index (χ3v) is 3.17. The molecule has 2 atom stereocenters. The van der Waals surface area contributed by atoms with E-state index in [0.29, 0.717) is 11.2 Å². The smallest absolute Gasteiger partial charge is 0.233 e. The van der Waals surface area contributed by atoms with Crippen LogP contribution in [0.25, 0.3) is 0 Å². The van der Waals surface area contributed by atoms with Crippen molar-refractivity contribution in [2.75, 3.05) is 7.05 Å². The number of hydrogen-bond acceptors (Lipinski definition) is 2. The van der Waals surface area contributed by atoms with Crippen LogP contribution < -0.4 is 5.32 Å². The largest absolute Gasteiger partial charge is 0.359 e. The van der Waals surface area contributed by atoms with Crippen LogP contribution >= 0.6 is 12.2 Å². The molecule has 1 saturated carbocycles. The Hall–Kier alpha value is -0.640. The fourth-order valence-corrected chi connectivity index (χ4v) is 2.27. The Morgan fingerprint density at radius 1 is 1.43 bits per heavy atom. The van der Waals surface area contributed by atoms with Gasteiger partial charge in [-0.15, -0.1) is 0 Å². The molecule has 2 rings (SSSR count). The Kier molecular flexibility index (Phi) is 3.86. The number of rotatable bonds is 0. The van der Waals surface area contributed by atoms with E-state index in [9.17, 15) is 4.79 Å². The van der Waals surface area contributed by atoms with Crippen LogP contribution in [-0.2, 0) is 4.79 Å². The van der Waals surface area contributed by atoms with E-state index in [1.54, 1.807) is 11.9 Å². The monoisotopic (exact) mass is 214 g/mol. The second-order valence-corrected chi connectivity index (χ2v) is 3.88. The number of carbonyl (C=O) groups is 1. The molecule has 2 fully saturated rings. The first-order chi connectivity index (χ1) is 6.70. The lowest BCUT2D eigenvalue weighted by Crippen LogP contribution is -2.56. The lowest BCUT2D eigenvalue weighted by molar-refractivity contribution is -0.132. The van der Waals surface area contributed by atoms with Crippen LogP contribution in [0.1, 0.15) is 33.1 Å². The molecule has 2 aliphatic rings. The van der Waals surface area contributed by atoms with Crippen LogP contribution in [0.3, 0.4) is 0 Å². The quantitative estimate of drug-likeness (QED) is 0.621. The summed E-state index contributed by atoms with van der Waals surface area (Å²) in [7, 11) is 1.74. The van der Waals surface area contributed by atoms with Gasteiger partial charge in [0.1, 0.15) is 0 Å². The van der Waals surface area contributed by atoms with E-state index in [2.05, 4.69) is 5.32 Å². The van der Waals surface area contributed by atoms with Gasteiger partial charge < -0.3 is 5.32 Å². The van der Waals surface area contributed by atoms with Crippen LogP contribution in [0.2, 0.25) is 0 Å². The number of amides is 1. The minimum absolute atomic E-state index is 0.182. The number of nitrogens with one attached hydrogen (secondary N) is 1. The predicted octanol–water partition coefficient (Wildman–Crippen LogP) is 1.53. The zero-order valence-corrected chi connectivity index (χ0v) is 9.86. The molecule has 1 N–H and O–H groups in total. The second-order valence-electron chi connectivity index (χ2n) is 3.49. The van der Waals surface area contributed by atoms with Crippen molar-refractivity contribution in [1.29, 1.82) is 0 Å². The van der Waals surface area contributed by atoms with Crippen molar-refractivity contribution in [3.63, 3.8) is 0 Å². The third-order valence-electron chi connectivity index (χ3n) is 2.78. The van der Waals surface area contributed by atoms with Gasteiger partial charge in [0.05, 0.1) is 5.92 Å². The van der Waals surface area contributed by atoms with E-state index >= 15 is 0 Å². The highest BCUT2D eigenvalue weighted by Gasteiger charge is 2.40. The average molecular weight is 214 g/mol. The van der Waals surface area contributed by atoms with Gasteiger partial charge in [-0.25, -0.2) is 0 Å². The minimum atomic E-state index is 0.182. The molecule has 1 aliphatic carbocycles. The summed E-state index contributed by atoms with van der Waals surface area (Å²) in [6.45, 7) is 4.00. The maximum Gasteiger partial charge on any atom is 0.233 e. The van der Waals surface area contributed by atoms with Crippen LogP contribution in [0.5, 0.6) is 0 Å². The maximum absolute atomic E-state index is 11.6.